The van der Waals surface area contributed by atoms with Crippen LogP contribution in [0.1, 0.15) is 86.3 Å². The number of imidazole rings is 1. The third kappa shape index (κ3) is 28.3. The van der Waals surface area contributed by atoms with Gasteiger partial charge in [-0.05, 0) is 38.5 Å². The minimum Gasteiger partial charge on any atom is -0.481 e. The maximum absolute atomic E-state index is 14.3. The number of carboxylic acids is 3. The number of carbonyl (C=O) groups is 16. The Hall–Kier alpha value is -9.59. The van der Waals surface area contributed by atoms with Crippen LogP contribution in [-0.4, -0.2) is 276 Å². The standard InChI is InChI=1S/C55H88N16O26/c1-21(2)39(52(92)65-29(54(94)95)9-11-38(80)81)70-44(84)23(5)61-48(88)28(8-10-37(78)79)64-36(77)15-59-47(87)31(13-35(57)76)67-51(91)33(19-96-55-41(63-25(7)75)43(83)42(82)34(18-74)97-55)69-50(90)32(17-73)68-53(93)40(22(3)4)71-45(85)24(6)62-49(89)30(12-26-14-58-20-60-26)66-46(86)27(56)16-72/h14,20-24,27-34,39-43,55,72-74,82-83H,8-13,15-19,56H2,1-7H3,(H2,57,76)(H,58,60)(H,59,87)(H,61,88)(H,62,89)(H,63,75)(H,64,77)(H,65,92)(H,66,86)(H,67,91)(H,68,93)(H,69,90)(H,70,84)(H,71,85)(H,78,79)(H,80,81)(H,94,95)/t23-,24-,27-,28-,29-,30-,31-,32-,33-,34+,39-,40-,41+,42-,43+,55-/m0/s1. The molecule has 13 amide bonds. The van der Waals surface area contributed by atoms with Crippen LogP contribution in [0.4, 0.5) is 0 Å². The van der Waals surface area contributed by atoms with Crippen molar-refractivity contribution in [3.8, 4) is 0 Å². The second-order valence-electron chi connectivity index (χ2n) is 23.0. The van der Waals surface area contributed by atoms with Crippen LogP contribution in [0.15, 0.2) is 12.5 Å². The summed E-state index contributed by atoms with van der Waals surface area (Å²) in [5, 5.41) is 106. The molecule has 0 spiro atoms. The number of primary amides is 1. The van der Waals surface area contributed by atoms with Gasteiger partial charge in [-0.1, -0.05) is 27.7 Å². The van der Waals surface area contributed by atoms with Crippen molar-refractivity contribution in [1.29, 1.82) is 0 Å². The van der Waals surface area contributed by atoms with Crippen molar-refractivity contribution in [3.05, 3.63) is 18.2 Å². The first-order chi connectivity index (χ1) is 45.3. The number of nitrogens with two attached hydrogens (primary N) is 2. The van der Waals surface area contributed by atoms with Crippen LogP contribution in [0, 0.1) is 11.8 Å². The van der Waals surface area contributed by atoms with Gasteiger partial charge in [-0.3, -0.25) is 71.9 Å². The average Bonchev–Trinajstić information content (AvgIpc) is 1.10. The van der Waals surface area contributed by atoms with Crippen molar-refractivity contribution in [1.82, 2.24) is 73.8 Å². The molecule has 1 saturated heterocycles. The van der Waals surface area contributed by atoms with Gasteiger partial charge < -0.3 is 131 Å². The molecular formula is C55H88N16O26. The highest BCUT2D eigenvalue weighted by Gasteiger charge is 2.46. The Morgan fingerprint density at radius 3 is 1.53 bits per heavy atom. The fourth-order valence-corrected chi connectivity index (χ4v) is 8.83. The number of amides is 13. The predicted octanol–water partition coefficient (Wildman–Crippen LogP) is -11.8. The van der Waals surface area contributed by atoms with E-state index in [1.807, 2.05) is 0 Å². The van der Waals surface area contributed by atoms with E-state index >= 15 is 0 Å². The third-order valence-corrected chi connectivity index (χ3v) is 14.3. The lowest BCUT2D eigenvalue weighted by atomic mass is 9.97. The molecule has 0 aromatic carbocycles. The minimum absolute atomic E-state index is 0.189. The zero-order valence-electron chi connectivity index (χ0n) is 53.9. The van der Waals surface area contributed by atoms with E-state index in [2.05, 4.69) is 73.8 Å². The molecule has 42 heteroatoms. The fourth-order valence-electron chi connectivity index (χ4n) is 8.83. The maximum Gasteiger partial charge on any atom is 0.326 e. The van der Waals surface area contributed by atoms with E-state index in [4.69, 9.17) is 26.0 Å². The van der Waals surface area contributed by atoms with Crippen LogP contribution in [0.5, 0.6) is 0 Å². The first-order valence-electron chi connectivity index (χ1n) is 30.1. The highest BCUT2D eigenvalue weighted by Crippen LogP contribution is 2.23. The van der Waals surface area contributed by atoms with E-state index in [0.29, 0.717) is 5.69 Å². The normalized spacial score (nSPS) is 19.3. The number of rotatable bonds is 42. The molecule has 97 heavy (non-hydrogen) atoms. The largest absolute Gasteiger partial charge is 0.481 e. The van der Waals surface area contributed by atoms with Crippen LogP contribution in [0.2, 0.25) is 0 Å². The fraction of sp³-hybridized carbons (Fsp3) is 0.655. The van der Waals surface area contributed by atoms with Gasteiger partial charge in [-0.2, -0.15) is 0 Å². The number of aromatic amines is 1. The summed E-state index contributed by atoms with van der Waals surface area (Å²) in [6.45, 7) is 3.92. The Labute approximate surface area is 552 Å². The van der Waals surface area contributed by atoms with Crippen molar-refractivity contribution in [2.45, 2.75) is 184 Å². The summed E-state index contributed by atoms with van der Waals surface area (Å²) in [7, 11) is 0. The lowest BCUT2D eigenvalue weighted by Gasteiger charge is -2.42. The first kappa shape index (κ1) is 83.5. The van der Waals surface area contributed by atoms with Crippen molar-refractivity contribution in [2.75, 3.05) is 33.0 Å². The number of hydrogen-bond donors (Lipinski definition) is 23. The zero-order chi connectivity index (χ0) is 73.7. The number of hydrogen-bond acceptors (Lipinski definition) is 25. The van der Waals surface area contributed by atoms with Crippen LogP contribution in [0.25, 0.3) is 0 Å². The summed E-state index contributed by atoms with van der Waals surface area (Å²) in [5.74, 6) is -20.8. The molecule has 2 heterocycles. The summed E-state index contributed by atoms with van der Waals surface area (Å²) in [4.78, 5) is 214. The number of H-pyrrole nitrogens is 1. The molecule has 1 aliphatic rings. The highest BCUT2D eigenvalue weighted by atomic mass is 16.7. The molecule has 0 unspecified atom stereocenters. The van der Waals surface area contributed by atoms with Gasteiger partial charge in [0, 0.05) is 38.1 Å². The number of carboxylic acid groups (broad SMARTS) is 3. The first-order valence-corrected chi connectivity index (χ1v) is 30.1. The molecular weight excluding hydrogens is 1300 g/mol. The number of ether oxygens (including phenoxy) is 2. The van der Waals surface area contributed by atoms with Gasteiger partial charge >= 0.3 is 17.9 Å². The Morgan fingerprint density at radius 1 is 0.577 bits per heavy atom. The van der Waals surface area contributed by atoms with Gasteiger partial charge in [0.25, 0.3) is 0 Å². The van der Waals surface area contributed by atoms with Crippen LogP contribution < -0.4 is 75.3 Å². The van der Waals surface area contributed by atoms with E-state index in [1.54, 1.807) is 0 Å². The second kappa shape index (κ2) is 40.7. The molecule has 42 nitrogen and oxygen atoms in total. The lowest BCUT2D eigenvalue weighted by Crippen LogP contribution is -2.65. The van der Waals surface area contributed by atoms with Crippen molar-refractivity contribution >= 4 is 94.7 Å². The lowest BCUT2D eigenvalue weighted by molar-refractivity contribution is -0.271. The molecule has 0 aliphatic carbocycles. The summed E-state index contributed by atoms with van der Waals surface area (Å²) >= 11 is 0. The van der Waals surface area contributed by atoms with E-state index in [0.717, 1.165) is 13.8 Å². The Kier molecular flexibility index (Phi) is 35.1. The second-order valence-corrected chi connectivity index (χ2v) is 23.0. The molecule has 16 atom stereocenters. The molecule has 0 radical (unpaired) electrons. The predicted molar refractivity (Wildman–Crippen MR) is 324 cm³/mol. The van der Waals surface area contributed by atoms with Gasteiger partial charge in [0.15, 0.2) is 6.29 Å². The molecule has 2 rings (SSSR count). The van der Waals surface area contributed by atoms with Gasteiger partial charge in [0.05, 0.1) is 45.7 Å². The Morgan fingerprint density at radius 2 is 1.06 bits per heavy atom. The van der Waals surface area contributed by atoms with Gasteiger partial charge in [0.1, 0.15) is 90.8 Å². The molecule has 1 aromatic rings. The van der Waals surface area contributed by atoms with Gasteiger partial charge in [0.2, 0.25) is 76.8 Å². The van der Waals surface area contributed by atoms with Crippen LogP contribution >= 0.6 is 0 Å². The molecule has 1 aliphatic heterocycles. The van der Waals surface area contributed by atoms with E-state index < -0.39 is 269 Å². The van der Waals surface area contributed by atoms with Gasteiger partial charge in [-0.25, -0.2) is 9.78 Å². The van der Waals surface area contributed by atoms with E-state index in [1.165, 1.54) is 47.1 Å². The van der Waals surface area contributed by atoms with Crippen molar-refractivity contribution in [3.63, 3.8) is 0 Å². The summed E-state index contributed by atoms with van der Waals surface area (Å²) in [5.41, 5.74) is 11.4. The molecule has 1 aromatic heterocycles. The molecule has 0 saturated carbocycles. The number of aliphatic hydroxyl groups is 5. The number of nitrogens with one attached hydrogen (secondary N) is 13. The van der Waals surface area contributed by atoms with Crippen LogP contribution in [-0.2, 0) is 92.6 Å². The quantitative estimate of drug-likeness (QED) is 0.0289. The van der Waals surface area contributed by atoms with E-state index in [-0.39, 0.29) is 6.42 Å². The summed E-state index contributed by atoms with van der Waals surface area (Å²) in [6.07, 6.45) is -8.45. The molecule has 0 bridgehead atoms. The zero-order valence-corrected chi connectivity index (χ0v) is 53.9. The number of carbonyl (C=O) groups excluding carboxylic acids is 13. The van der Waals surface area contributed by atoms with E-state index in [9.17, 15) is 112 Å². The number of aliphatic hydroxyl groups excluding tert-OH is 5. The topological polar surface area (TPSA) is 678 Å². The van der Waals surface area contributed by atoms with Crippen molar-refractivity contribution < 1.29 is 127 Å². The SMILES string of the molecule is CC(=O)N[C@H]1[C@@H](OC[C@H](NC(=O)[C@H](CO)NC(=O)[C@@H](NC(=O)[C@H](C)NC(=O)[C@H](Cc2cnc[nH]2)NC(=O)[C@@H](N)CO)C(C)C)C(=O)N[C@@H](CC(N)=O)C(=O)NCC(=O)N[C@@H](CCC(=O)O)C(=O)N[C@@H](C)C(=O)N[C@H](C(=O)N[C@@H](CCC(=O)O)C(=O)O)C(C)C)O[C@H](CO)[C@H](O)[C@@H]1O. The third-order valence-electron chi connectivity index (χ3n) is 14.3. The number of aromatic nitrogens is 2. The minimum atomic E-state index is -2.17. The molecule has 25 N–H and O–H groups in total. The Balaban J connectivity index is 2.42. The smallest absolute Gasteiger partial charge is 0.326 e. The summed E-state index contributed by atoms with van der Waals surface area (Å²) < 4.78 is 11.3. The molecule has 544 valence electrons. The van der Waals surface area contributed by atoms with Crippen molar-refractivity contribution in [2.24, 2.45) is 23.3 Å². The number of aliphatic carboxylic acids is 3. The average molecular weight is 1390 g/mol. The summed E-state index contributed by atoms with van der Waals surface area (Å²) in [6, 6.07) is -20.2. The molecule has 1 fully saturated rings. The van der Waals surface area contributed by atoms with Crippen LogP contribution in [0.3, 0.4) is 0 Å². The highest BCUT2D eigenvalue weighted by molar-refractivity contribution is 6.00. The monoisotopic (exact) mass is 1390 g/mol. The maximum atomic E-state index is 14.3. The Bertz CT molecular complexity index is 2940. The number of nitrogens with zero attached hydrogens (tertiary/aromatic N) is 1. The van der Waals surface area contributed by atoms with Gasteiger partial charge in [-0.15, -0.1) is 0 Å².